The Morgan fingerprint density at radius 2 is 1.69 bits per heavy atom. The van der Waals surface area contributed by atoms with E-state index in [0.29, 0.717) is 11.3 Å². The number of rotatable bonds is 5. The molecule has 0 saturated heterocycles. The van der Waals surface area contributed by atoms with Gasteiger partial charge in [-0.2, -0.15) is 5.10 Å². The van der Waals surface area contributed by atoms with Gasteiger partial charge in [-0.05, 0) is 61.4 Å². The van der Waals surface area contributed by atoms with Crippen LogP contribution in [-0.4, -0.2) is 20.0 Å². The van der Waals surface area contributed by atoms with E-state index < -0.39 is 10.0 Å². The number of carbonyl (C=O) groups is 1. The van der Waals surface area contributed by atoms with Crippen LogP contribution >= 0.6 is 11.3 Å². The molecule has 6 nitrogen and oxygen atoms in total. The summed E-state index contributed by atoms with van der Waals surface area (Å²) in [5.74, 6) is -0.297. The Morgan fingerprint density at radius 3 is 2.31 bits per heavy atom. The predicted molar refractivity (Wildman–Crippen MR) is 104 cm³/mol. The lowest BCUT2D eigenvalue weighted by molar-refractivity contribution is 0.0954. The molecule has 1 aliphatic carbocycles. The highest BCUT2D eigenvalue weighted by Crippen LogP contribution is 2.20. The van der Waals surface area contributed by atoms with E-state index in [1.54, 1.807) is 41.8 Å². The van der Waals surface area contributed by atoms with Gasteiger partial charge in [-0.1, -0.05) is 18.9 Å². The summed E-state index contributed by atoms with van der Waals surface area (Å²) < 4.78 is 27.1. The van der Waals surface area contributed by atoms with Crippen molar-refractivity contribution in [3.05, 3.63) is 47.3 Å². The standard InChI is InChI=1S/C18H21N3O3S2/c22-18(20-19-15-6-3-1-2-4-7-15)14-9-11-16(12-10-14)21-26(23,24)17-8-5-13-25-17/h5,8-13,21H,1-4,6-7H2,(H,20,22). The van der Waals surface area contributed by atoms with Crippen molar-refractivity contribution >= 4 is 38.7 Å². The van der Waals surface area contributed by atoms with E-state index in [1.807, 2.05) is 0 Å². The van der Waals surface area contributed by atoms with Crippen molar-refractivity contribution < 1.29 is 13.2 Å². The largest absolute Gasteiger partial charge is 0.279 e. The topological polar surface area (TPSA) is 87.6 Å². The fourth-order valence-corrected chi connectivity index (χ4v) is 4.81. The first-order chi connectivity index (χ1) is 12.5. The van der Waals surface area contributed by atoms with Gasteiger partial charge < -0.3 is 0 Å². The second-order valence-electron chi connectivity index (χ2n) is 6.15. The number of thiophene rings is 1. The molecule has 2 N–H and O–H groups in total. The molecule has 3 rings (SSSR count). The zero-order valence-corrected chi connectivity index (χ0v) is 15.9. The predicted octanol–water partition coefficient (Wildman–Crippen LogP) is 3.99. The van der Waals surface area contributed by atoms with Crippen LogP contribution in [-0.2, 0) is 10.0 Å². The van der Waals surface area contributed by atoms with Crippen LogP contribution in [0.4, 0.5) is 5.69 Å². The third-order valence-corrected chi connectivity index (χ3v) is 6.93. The summed E-state index contributed by atoms with van der Waals surface area (Å²) in [5.41, 5.74) is 4.48. The third kappa shape index (κ3) is 4.92. The lowest BCUT2D eigenvalue weighted by atomic mass is 10.2. The molecule has 1 saturated carbocycles. The molecule has 1 heterocycles. The SMILES string of the molecule is O=C(NN=C1CCCCCC1)c1ccc(NS(=O)(=O)c2cccs2)cc1. The molecule has 0 bridgehead atoms. The molecule has 8 heteroatoms. The molecule has 0 radical (unpaired) electrons. The number of nitrogens with zero attached hydrogens (tertiary/aromatic N) is 1. The Balaban J connectivity index is 1.62. The van der Waals surface area contributed by atoms with Gasteiger partial charge in [-0.15, -0.1) is 11.3 Å². The molecule has 0 unspecified atom stereocenters. The quantitative estimate of drug-likeness (QED) is 0.597. The smallest absolute Gasteiger partial charge is 0.271 e. The van der Waals surface area contributed by atoms with Crippen molar-refractivity contribution in [2.75, 3.05) is 4.72 Å². The summed E-state index contributed by atoms with van der Waals surface area (Å²) >= 11 is 1.15. The summed E-state index contributed by atoms with van der Waals surface area (Å²) in [6, 6.07) is 9.52. The molecule has 0 atom stereocenters. The second kappa shape index (κ2) is 8.46. The van der Waals surface area contributed by atoms with Crippen LogP contribution in [0.5, 0.6) is 0 Å². The van der Waals surface area contributed by atoms with Crippen LogP contribution in [0.2, 0.25) is 0 Å². The number of hydrazone groups is 1. The van der Waals surface area contributed by atoms with Gasteiger partial charge in [-0.3, -0.25) is 9.52 Å². The Hall–Kier alpha value is -2.19. The van der Waals surface area contributed by atoms with Gasteiger partial charge in [0.25, 0.3) is 15.9 Å². The van der Waals surface area contributed by atoms with Crippen LogP contribution in [0.25, 0.3) is 0 Å². The number of benzene rings is 1. The van der Waals surface area contributed by atoms with Gasteiger partial charge in [0.2, 0.25) is 0 Å². The number of hydrogen-bond donors (Lipinski definition) is 2. The number of hydrogen-bond acceptors (Lipinski definition) is 5. The van der Waals surface area contributed by atoms with Crippen molar-refractivity contribution in [3.8, 4) is 0 Å². The van der Waals surface area contributed by atoms with E-state index in [4.69, 9.17) is 0 Å². The maximum absolute atomic E-state index is 12.2. The van der Waals surface area contributed by atoms with Crippen LogP contribution < -0.4 is 10.1 Å². The zero-order valence-electron chi connectivity index (χ0n) is 14.3. The Bertz CT molecular complexity index is 863. The van der Waals surface area contributed by atoms with Gasteiger partial charge in [0.05, 0.1) is 0 Å². The average molecular weight is 392 g/mol. The Morgan fingerprint density at radius 1 is 1.00 bits per heavy atom. The second-order valence-corrected chi connectivity index (χ2v) is 9.01. The molecular weight excluding hydrogens is 370 g/mol. The van der Waals surface area contributed by atoms with Crippen molar-refractivity contribution in [2.45, 2.75) is 42.7 Å². The van der Waals surface area contributed by atoms with Crippen LogP contribution in [0, 0.1) is 0 Å². The van der Waals surface area contributed by atoms with Crippen LogP contribution in [0.3, 0.4) is 0 Å². The number of anilines is 1. The van der Waals surface area contributed by atoms with Crippen molar-refractivity contribution in [1.82, 2.24) is 5.43 Å². The lowest BCUT2D eigenvalue weighted by Gasteiger charge is -2.07. The van der Waals surface area contributed by atoms with E-state index >= 15 is 0 Å². The normalized spacial score (nSPS) is 15.2. The summed E-state index contributed by atoms with van der Waals surface area (Å²) in [6.45, 7) is 0. The number of amides is 1. The maximum atomic E-state index is 12.2. The van der Waals surface area contributed by atoms with Gasteiger partial charge in [-0.25, -0.2) is 13.8 Å². The lowest BCUT2D eigenvalue weighted by Crippen LogP contribution is -2.19. The van der Waals surface area contributed by atoms with Crippen molar-refractivity contribution in [2.24, 2.45) is 5.10 Å². The minimum Gasteiger partial charge on any atom is -0.279 e. The summed E-state index contributed by atoms with van der Waals surface area (Å²) in [4.78, 5) is 12.2. The number of sulfonamides is 1. The molecule has 1 aliphatic rings. The minimum atomic E-state index is -3.59. The van der Waals surface area contributed by atoms with Crippen molar-refractivity contribution in [3.63, 3.8) is 0 Å². The number of nitrogens with one attached hydrogen (secondary N) is 2. The molecule has 0 spiro atoms. The van der Waals surface area contributed by atoms with Gasteiger partial charge >= 0.3 is 0 Å². The highest BCUT2D eigenvalue weighted by molar-refractivity contribution is 7.94. The van der Waals surface area contributed by atoms with Crippen molar-refractivity contribution in [1.29, 1.82) is 0 Å². The minimum absolute atomic E-state index is 0.249. The molecule has 26 heavy (non-hydrogen) atoms. The molecule has 138 valence electrons. The molecule has 1 amide bonds. The van der Waals surface area contributed by atoms with Gasteiger partial charge in [0.1, 0.15) is 4.21 Å². The van der Waals surface area contributed by atoms with E-state index in [0.717, 1.165) is 42.7 Å². The van der Waals surface area contributed by atoms with Gasteiger partial charge in [0, 0.05) is 17.0 Å². The highest BCUT2D eigenvalue weighted by Gasteiger charge is 2.15. The molecular formula is C18H21N3O3S2. The first kappa shape index (κ1) is 18.6. The van der Waals surface area contributed by atoms with E-state index in [-0.39, 0.29) is 10.1 Å². The number of carbonyl (C=O) groups excluding carboxylic acids is 1. The Labute approximate surface area is 157 Å². The van der Waals surface area contributed by atoms with E-state index in [1.165, 1.54) is 12.8 Å². The average Bonchev–Trinajstić information content (AvgIpc) is 3.06. The first-order valence-corrected chi connectivity index (χ1v) is 10.9. The molecule has 1 aromatic carbocycles. The molecule has 0 aliphatic heterocycles. The first-order valence-electron chi connectivity index (χ1n) is 8.57. The molecule has 1 aromatic heterocycles. The molecule has 2 aromatic rings. The van der Waals surface area contributed by atoms with Crippen LogP contribution in [0.15, 0.2) is 51.1 Å². The monoisotopic (exact) mass is 391 g/mol. The summed E-state index contributed by atoms with van der Waals surface area (Å²) in [6.07, 6.45) is 6.54. The fraction of sp³-hybridized carbons (Fsp3) is 0.333. The highest BCUT2D eigenvalue weighted by atomic mass is 32.2. The third-order valence-electron chi connectivity index (χ3n) is 4.16. The van der Waals surface area contributed by atoms with Gasteiger partial charge in [0.15, 0.2) is 0 Å². The fourth-order valence-electron chi connectivity index (χ4n) is 2.75. The zero-order chi connectivity index (χ0) is 18.4. The Kier molecular flexibility index (Phi) is 6.05. The van der Waals surface area contributed by atoms with Crippen LogP contribution in [0.1, 0.15) is 48.9 Å². The maximum Gasteiger partial charge on any atom is 0.271 e. The molecule has 1 fully saturated rings. The summed E-state index contributed by atoms with van der Waals surface area (Å²) in [7, 11) is -3.59. The van der Waals surface area contributed by atoms with E-state index in [2.05, 4.69) is 15.2 Å². The summed E-state index contributed by atoms with van der Waals surface area (Å²) in [5, 5.41) is 5.95. The van der Waals surface area contributed by atoms with E-state index in [9.17, 15) is 13.2 Å².